The first-order valence-corrected chi connectivity index (χ1v) is 9.67. The summed E-state index contributed by atoms with van der Waals surface area (Å²) in [5, 5.41) is 3.70. The Labute approximate surface area is 142 Å². The van der Waals surface area contributed by atoms with E-state index in [0.717, 1.165) is 12.1 Å². The van der Waals surface area contributed by atoms with Gasteiger partial charge in [-0.05, 0) is 50.9 Å². The molecule has 1 N–H and O–H groups in total. The van der Waals surface area contributed by atoms with E-state index in [1.165, 1.54) is 31.5 Å². The molecule has 1 aromatic heterocycles. The van der Waals surface area contributed by atoms with Crippen LogP contribution in [0.5, 0.6) is 0 Å². The van der Waals surface area contributed by atoms with Gasteiger partial charge >= 0.3 is 0 Å². The molecule has 0 spiro atoms. The normalized spacial score (nSPS) is 15.9. The molecule has 0 saturated carbocycles. The van der Waals surface area contributed by atoms with Crippen LogP contribution in [0.15, 0.2) is 33.7 Å². The van der Waals surface area contributed by atoms with Crippen molar-refractivity contribution in [1.29, 1.82) is 0 Å². The van der Waals surface area contributed by atoms with Crippen LogP contribution in [0.3, 0.4) is 0 Å². The predicted octanol–water partition coefficient (Wildman–Crippen LogP) is 2.37. The number of hydrogen-bond acceptors (Lipinski definition) is 5. The van der Waals surface area contributed by atoms with Gasteiger partial charge in [0, 0.05) is 13.1 Å². The minimum atomic E-state index is -3.62. The van der Waals surface area contributed by atoms with Gasteiger partial charge in [-0.25, -0.2) is 13.1 Å². The molecular weight excluding hydrogens is 326 g/mol. The number of benzene rings is 1. The molecule has 0 bridgehead atoms. The molecule has 0 aliphatic carbocycles. The molecule has 1 aliphatic rings. The van der Waals surface area contributed by atoms with Crippen LogP contribution in [0.1, 0.15) is 35.4 Å². The van der Waals surface area contributed by atoms with Gasteiger partial charge in [0.2, 0.25) is 10.0 Å². The molecule has 2 aromatic rings. The van der Waals surface area contributed by atoms with Gasteiger partial charge in [-0.3, -0.25) is 4.90 Å². The van der Waals surface area contributed by atoms with E-state index < -0.39 is 10.0 Å². The van der Waals surface area contributed by atoms with E-state index in [1.54, 1.807) is 13.8 Å². The highest BCUT2D eigenvalue weighted by Crippen LogP contribution is 2.19. The van der Waals surface area contributed by atoms with Crippen LogP contribution in [0.2, 0.25) is 0 Å². The standard InChI is InChI=1S/C17H23N3O3S/c1-13-17(14(2)23-19-13)24(21,22)18-11-15-5-7-16(8-6-15)12-20-9-3-4-10-20/h5-8,18H,3-4,9-12H2,1-2H3. The lowest BCUT2D eigenvalue weighted by Gasteiger charge is -2.14. The van der Waals surface area contributed by atoms with E-state index in [9.17, 15) is 8.42 Å². The van der Waals surface area contributed by atoms with Crippen molar-refractivity contribution in [3.05, 3.63) is 46.8 Å². The SMILES string of the molecule is Cc1noc(C)c1S(=O)(=O)NCc1ccc(CN2CCCC2)cc1. The number of rotatable bonds is 6. The monoisotopic (exact) mass is 349 g/mol. The highest BCUT2D eigenvalue weighted by atomic mass is 32.2. The van der Waals surface area contributed by atoms with Crippen molar-refractivity contribution in [2.24, 2.45) is 0 Å². The summed E-state index contributed by atoms with van der Waals surface area (Å²) in [4.78, 5) is 2.57. The highest BCUT2D eigenvalue weighted by Gasteiger charge is 2.23. The van der Waals surface area contributed by atoms with Crippen molar-refractivity contribution in [3.8, 4) is 0 Å². The smallest absolute Gasteiger partial charge is 0.246 e. The second-order valence-corrected chi connectivity index (χ2v) is 7.98. The maximum Gasteiger partial charge on any atom is 0.246 e. The molecule has 2 heterocycles. The molecule has 0 radical (unpaired) electrons. The molecule has 0 unspecified atom stereocenters. The zero-order chi connectivity index (χ0) is 17.2. The predicted molar refractivity (Wildman–Crippen MR) is 91.0 cm³/mol. The number of nitrogens with zero attached hydrogens (tertiary/aromatic N) is 2. The first-order chi connectivity index (χ1) is 11.5. The van der Waals surface area contributed by atoms with Crippen LogP contribution in [0, 0.1) is 13.8 Å². The van der Waals surface area contributed by atoms with E-state index in [1.807, 2.05) is 12.1 Å². The van der Waals surface area contributed by atoms with E-state index >= 15 is 0 Å². The van der Waals surface area contributed by atoms with Gasteiger partial charge in [-0.15, -0.1) is 0 Å². The second kappa shape index (κ2) is 7.04. The third-order valence-electron chi connectivity index (χ3n) is 4.33. The van der Waals surface area contributed by atoms with Crippen LogP contribution >= 0.6 is 0 Å². The Bertz CT molecular complexity index is 771. The van der Waals surface area contributed by atoms with Crippen LogP contribution < -0.4 is 4.72 Å². The quantitative estimate of drug-likeness (QED) is 0.866. The van der Waals surface area contributed by atoms with E-state index in [-0.39, 0.29) is 11.4 Å². The Morgan fingerprint density at radius 3 is 2.33 bits per heavy atom. The summed E-state index contributed by atoms with van der Waals surface area (Å²) < 4.78 is 32.3. The second-order valence-electron chi connectivity index (χ2n) is 6.28. The van der Waals surface area contributed by atoms with Crippen molar-refractivity contribution in [2.75, 3.05) is 13.1 Å². The first kappa shape index (κ1) is 17.1. The lowest BCUT2D eigenvalue weighted by Crippen LogP contribution is -2.24. The number of hydrogen-bond donors (Lipinski definition) is 1. The summed E-state index contributed by atoms with van der Waals surface area (Å²) in [5.74, 6) is 0.306. The maximum atomic E-state index is 12.4. The number of aromatic nitrogens is 1. The van der Waals surface area contributed by atoms with Gasteiger partial charge in [0.15, 0.2) is 5.76 Å². The Morgan fingerprint density at radius 1 is 1.12 bits per heavy atom. The number of aryl methyl sites for hydroxylation is 2. The highest BCUT2D eigenvalue weighted by molar-refractivity contribution is 7.89. The Hall–Kier alpha value is -1.70. The van der Waals surface area contributed by atoms with E-state index in [2.05, 4.69) is 26.9 Å². The third-order valence-corrected chi connectivity index (χ3v) is 5.98. The van der Waals surface area contributed by atoms with Gasteiger partial charge in [0.05, 0.1) is 0 Å². The molecule has 1 aliphatic heterocycles. The number of nitrogens with one attached hydrogen (secondary N) is 1. The Kier molecular flexibility index (Phi) is 5.03. The zero-order valence-electron chi connectivity index (χ0n) is 14.1. The van der Waals surface area contributed by atoms with Crippen molar-refractivity contribution in [1.82, 2.24) is 14.8 Å². The van der Waals surface area contributed by atoms with Gasteiger partial charge in [0.1, 0.15) is 10.6 Å². The fourth-order valence-electron chi connectivity index (χ4n) is 3.07. The summed E-state index contributed by atoms with van der Waals surface area (Å²) >= 11 is 0. The molecule has 6 nitrogen and oxygen atoms in total. The lowest BCUT2D eigenvalue weighted by molar-refractivity contribution is 0.331. The third kappa shape index (κ3) is 3.85. The Balaban J connectivity index is 1.62. The topological polar surface area (TPSA) is 75.4 Å². The number of sulfonamides is 1. The molecule has 0 atom stereocenters. The lowest BCUT2D eigenvalue weighted by atomic mass is 10.1. The molecule has 7 heteroatoms. The van der Waals surface area contributed by atoms with Gasteiger partial charge in [0.25, 0.3) is 0 Å². The van der Waals surface area contributed by atoms with Crippen LogP contribution in [-0.4, -0.2) is 31.6 Å². The summed E-state index contributed by atoms with van der Waals surface area (Å²) in [6, 6.07) is 8.08. The first-order valence-electron chi connectivity index (χ1n) is 8.18. The van der Waals surface area contributed by atoms with Crippen molar-refractivity contribution < 1.29 is 12.9 Å². The average molecular weight is 349 g/mol. The molecule has 130 valence electrons. The summed E-state index contributed by atoms with van der Waals surface area (Å²) in [5.41, 5.74) is 2.56. The summed E-state index contributed by atoms with van der Waals surface area (Å²) in [6.45, 7) is 6.76. The molecule has 1 saturated heterocycles. The molecule has 1 fully saturated rings. The van der Waals surface area contributed by atoms with Crippen molar-refractivity contribution in [2.45, 2.75) is 44.7 Å². The summed E-state index contributed by atoms with van der Waals surface area (Å²) in [6.07, 6.45) is 2.56. The fourth-order valence-corrected chi connectivity index (χ4v) is 4.41. The Morgan fingerprint density at radius 2 is 1.75 bits per heavy atom. The molecule has 3 rings (SSSR count). The molecule has 1 aromatic carbocycles. The largest absolute Gasteiger partial charge is 0.360 e. The average Bonchev–Trinajstić information content (AvgIpc) is 3.17. The minimum absolute atomic E-state index is 0.133. The minimum Gasteiger partial charge on any atom is -0.360 e. The molecule has 0 amide bonds. The number of likely N-dealkylation sites (tertiary alicyclic amines) is 1. The fraction of sp³-hybridized carbons (Fsp3) is 0.471. The van der Waals surface area contributed by atoms with E-state index in [4.69, 9.17) is 4.52 Å². The van der Waals surface area contributed by atoms with Crippen LogP contribution in [0.4, 0.5) is 0 Å². The van der Waals surface area contributed by atoms with Gasteiger partial charge in [-0.1, -0.05) is 29.4 Å². The van der Waals surface area contributed by atoms with Crippen LogP contribution in [0.25, 0.3) is 0 Å². The summed E-state index contributed by atoms with van der Waals surface area (Å²) in [7, 11) is -3.62. The molecular formula is C17H23N3O3S. The van der Waals surface area contributed by atoms with E-state index in [0.29, 0.717) is 11.5 Å². The van der Waals surface area contributed by atoms with Gasteiger partial charge < -0.3 is 4.52 Å². The van der Waals surface area contributed by atoms with Crippen molar-refractivity contribution in [3.63, 3.8) is 0 Å². The van der Waals surface area contributed by atoms with Gasteiger partial charge in [-0.2, -0.15) is 0 Å². The maximum absolute atomic E-state index is 12.4. The van der Waals surface area contributed by atoms with Crippen LogP contribution in [-0.2, 0) is 23.1 Å². The zero-order valence-corrected chi connectivity index (χ0v) is 14.9. The van der Waals surface area contributed by atoms with Crippen molar-refractivity contribution >= 4 is 10.0 Å². The molecule has 24 heavy (non-hydrogen) atoms.